The number of allylic oxidation sites excluding steroid dienone is 1. The Morgan fingerprint density at radius 1 is 1.25 bits per heavy atom. The van der Waals surface area contributed by atoms with Crippen LogP contribution in [0, 0.1) is 5.92 Å². The molecule has 1 fully saturated rings. The van der Waals surface area contributed by atoms with E-state index >= 15 is 0 Å². The molecule has 1 unspecified atom stereocenters. The van der Waals surface area contributed by atoms with Gasteiger partial charge in [-0.1, -0.05) is 19.1 Å². The monoisotopic (exact) mass is 433 g/mol. The average Bonchev–Trinajstić information content (AvgIpc) is 3.21. The summed E-state index contributed by atoms with van der Waals surface area (Å²) < 4.78 is 17.1. The maximum absolute atomic E-state index is 12.9. The van der Waals surface area contributed by atoms with Crippen molar-refractivity contribution in [3.63, 3.8) is 0 Å². The normalized spacial score (nSPS) is 16.9. The average molecular weight is 434 g/mol. The first-order valence-corrected chi connectivity index (χ1v) is 11.3. The summed E-state index contributed by atoms with van der Waals surface area (Å²) in [7, 11) is 1.66. The Hall–Kier alpha value is -3.21. The lowest BCUT2D eigenvalue weighted by atomic mass is 9.98. The van der Waals surface area contributed by atoms with Crippen molar-refractivity contribution >= 4 is 22.4 Å². The Kier molecular flexibility index (Phi) is 6.54. The molecule has 2 aromatic carbocycles. The van der Waals surface area contributed by atoms with Crippen LogP contribution in [0.5, 0.6) is 11.5 Å². The number of benzene rings is 2. The Morgan fingerprint density at radius 3 is 2.72 bits per heavy atom. The molecule has 3 aromatic rings. The van der Waals surface area contributed by atoms with Crippen LogP contribution >= 0.6 is 0 Å². The molecular weight excluding hydrogens is 402 g/mol. The first-order valence-electron chi connectivity index (χ1n) is 11.3. The number of piperidine rings is 1. The molecule has 5 heteroatoms. The zero-order valence-electron chi connectivity index (χ0n) is 19.3. The van der Waals surface area contributed by atoms with Crippen LogP contribution in [0.1, 0.15) is 39.2 Å². The predicted molar refractivity (Wildman–Crippen MR) is 128 cm³/mol. The minimum absolute atomic E-state index is 0.0687. The number of nitrogens with zero attached hydrogens (tertiary/aromatic N) is 1. The van der Waals surface area contributed by atoms with Crippen molar-refractivity contribution in [2.75, 3.05) is 26.8 Å². The first-order chi connectivity index (χ1) is 15.5. The summed E-state index contributed by atoms with van der Waals surface area (Å²) in [5.74, 6) is 2.16. The number of amides is 1. The molecule has 1 saturated heterocycles. The fourth-order valence-electron chi connectivity index (χ4n) is 4.38. The molecule has 1 aliphatic rings. The van der Waals surface area contributed by atoms with Gasteiger partial charge in [0.1, 0.15) is 17.1 Å². The zero-order valence-corrected chi connectivity index (χ0v) is 19.3. The number of carbonyl (C=O) groups excluding carboxylic acids is 1. The van der Waals surface area contributed by atoms with Gasteiger partial charge in [-0.2, -0.15) is 0 Å². The number of ether oxygens (including phenoxy) is 2. The Morgan fingerprint density at radius 2 is 2.03 bits per heavy atom. The lowest BCUT2D eigenvalue weighted by Gasteiger charge is -2.30. The molecular formula is C27H31NO4. The van der Waals surface area contributed by atoms with Crippen LogP contribution in [-0.2, 0) is 4.79 Å². The van der Waals surface area contributed by atoms with Crippen LogP contribution in [0.25, 0.3) is 27.7 Å². The van der Waals surface area contributed by atoms with Crippen molar-refractivity contribution in [3.05, 3.63) is 54.3 Å². The fourth-order valence-corrected chi connectivity index (χ4v) is 4.38. The van der Waals surface area contributed by atoms with Gasteiger partial charge in [0, 0.05) is 41.7 Å². The summed E-state index contributed by atoms with van der Waals surface area (Å²) >= 11 is 0. The second kappa shape index (κ2) is 9.51. The molecule has 0 aliphatic carbocycles. The molecule has 0 spiro atoms. The van der Waals surface area contributed by atoms with E-state index < -0.39 is 0 Å². The number of fused-ring (bicyclic) bond motifs is 1. The van der Waals surface area contributed by atoms with Crippen molar-refractivity contribution in [2.24, 2.45) is 5.92 Å². The van der Waals surface area contributed by atoms with Gasteiger partial charge in [-0.3, -0.25) is 4.79 Å². The highest BCUT2D eigenvalue weighted by Gasteiger charge is 2.21. The van der Waals surface area contributed by atoms with Gasteiger partial charge in [-0.15, -0.1) is 0 Å². The van der Waals surface area contributed by atoms with Crippen LogP contribution in [0.4, 0.5) is 0 Å². The van der Waals surface area contributed by atoms with Crippen molar-refractivity contribution in [1.82, 2.24) is 4.90 Å². The summed E-state index contributed by atoms with van der Waals surface area (Å²) in [5.41, 5.74) is 4.59. The van der Waals surface area contributed by atoms with E-state index in [1.165, 1.54) is 6.42 Å². The largest absolute Gasteiger partial charge is 0.497 e. The first kappa shape index (κ1) is 22.0. The molecule has 0 N–H and O–H groups in total. The van der Waals surface area contributed by atoms with Crippen molar-refractivity contribution in [3.8, 4) is 22.6 Å². The van der Waals surface area contributed by atoms with Crippen LogP contribution < -0.4 is 9.47 Å². The van der Waals surface area contributed by atoms with Crippen LogP contribution in [0.3, 0.4) is 0 Å². The van der Waals surface area contributed by atoms with E-state index in [-0.39, 0.29) is 5.91 Å². The van der Waals surface area contributed by atoms with E-state index in [0.29, 0.717) is 12.5 Å². The summed E-state index contributed by atoms with van der Waals surface area (Å²) in [6, 6.07) is 11.9. The third-order valence-corrected chi connectivity index (χ3v) is 6.11. The van der Waals surface area contributed by atoms with Gasteiger partial charge in [-0.25, -0.2) is 0 Å². The second-order valence-electron chi connectivity index (χ2n) is 8.51. The maximum Gasteiger partial charge on any atom is 0.246 e. The van der Waals surface area contributed by atoms with E-state index in [4.69, 9.17) is 13.9 Å². The third kappa shape index (κ3) is 4.52. The number of carbonyl (C=O) groups is 1. The third-order valence-electron chi connectivity index (χ3n) is 6.11. The lowest BCUT2D eigenvalue weighted by Crippen LogP contribution is -2.38. The number of hydrogen-bond acceptors (Lipinski definition) is 4. The second-order valence-corrected chi connectivity index (χ2v) is 8.51. The summed E-state index contributed by atoms with van der Waals surface area (Å²) in [6.45, 7) is 8.32. The smallest absolute Gasteiger partial charge is 0.246 e. The van der Waals surface area contributed by atoms with Crippen LogP contribution in [0.2, 0.25) is 0 Å². The number of hydrogen-bond donors (Lipinski definition) is 0. The summed E-state index contributed by atoms with van der Waals surface area (Å²) in [4.78, 5) is 14.9. The molecule has 1 amide bonds. The number of rotatable bonds is 6. The Labute approximate surface area is 189 Å². The summed E-state index contributed by atoms with van der Waals surface area (Å²) in [5, 5.41) is 0.986. The molecule has 168 valence electrons. The van der Waals surface area contributed by atoms with Crippen molar-refractivity contribution in [1.29, 1.82) is 0 Å². The molecule has 4 rings (SSSR count). The van der Waals surface area contributed by atoms with Gasteiger partial charge in [0.15, 0.2) is 0 Å². The maximum atomic E-state index is 12.9. The van der Waals surface area contributed by atoms with Crippen molar-refractivity contribution in [2.45, 2.75) is 33.6 Å². The predicted octanol–water partition coefficient (Wildman–Crippen LogP) is 6.17. The highest BCUT2D eigenvalue weighted by Crippen LogP contribution is 2.38. The SMILES string of the molecule is CCOc1cc2occ(-c3ccc(OC)cc3)c2cc1/C(C)=C/C(=O)N1CCCC(C)C1. The molecule has 1 aliphatic heterocycles. The van der Waals surface area contributed by atoms with Gasteiger partial charge < -0.3 is 18.8 Å². The number of furan rings is 1. The van der Waals surface area contributed by atoms with E-state index in [9.17, 15) is 4.79 Å². The zero-order chi connectivity index (χ0) is 22.7. The van der Waals surface area contributed by atoms with Gasteiger partial charge >= 0.3 is 0 Å². The highest BCUT2D eigenvalue weighted by atomic mass is 16.5. The summed E-state index contributed by atoms with van der Waals surface area (Å²) in [6.07, 6.45) is 5.77. The standard InChI is InChI=1S/C27H31NO4/c1-5-31-25-15-26-23(24(17-32-26)20-8-10-21(30-4)11-9-20)14-22(25)19(3)13-27(29)28-12-6-7-18(2)16-28/h8-11,13-15,17-18H,5-7,12,16H2,1-4H3/b19-13+. The van der Waals surface area contributed by atoms with E-state index in [2.05, 4.69) is 13.0 Å². The van der Waals surface area contributed by atoms with Gasteiger partial charge in [-0.05, 0) is 61.9 Å². The Balaban J connectivity index is 1.73. The van der Waals surface area contributed by atoms with Gasteiger partial charge in [0.2, 0.25) is 5.91 Å². The Bertz CT molecular complexity index is 1130. The van der Waals surface area contributed by atoms with E-state index in [0.717, 1.165) is 64.2 Å². The quantitative estimate of drug-likeness (QED) is 0.436. The molecule has 0 saturated carbocycles. The minimum Gasteiger partial charge on any atom is -0.497 e. The fraction of sp³-hybridized carbons (Fsp3) is 0.370. The number of methoxy groups -OCH3 is 1. The van der Waals surface area contributed by atoms with Gasteiger partial charge in [0.25, 0.3) is 0 Å². The molecule has 5 nitrogen and oxygen atoms in total. The van der Waals surface area contributed by atoms with E-state index in [1.54, 1.807) is 19.4 Å². The lowest BCUT2D eigenvalue weighted by molar-refractivity contribution is -0.127. The molecule has 2 heterocycles. The molecule has 1 aromatic heterocycles. The minimum atomic E-state index is 0.0687. The molecule has 1 atom stereocenters. The van der Waals surface area contributed by atoms with E-state index in [1.807, 2.05) is 49.1 Å². The molecule has 0 bridgehead atoms. The highest BCUT2D eigenvalue weighted by molar-refractivity contribution is 6.00. The number of likely N-dealkylation sites (tertiary alicyclic amines) is 1. The van der Waals surface area contributed by atoms with Crippen LogP contribution in [-0.4, -0.2) is 37.6 Å². The molecule has 32 heavy (non-hydrogen) atoms. The molecule has 0 radical (unpaired) electrons. The topological polar surface area (TPSA) is 51.9 Å². The van der Waals surface area contributed by atoms with Gasteiger partial charge in [0.05, 0.1) is 20.0 Å². The van der Waals surface area contributed by atoms with Crippen molar-refractivity contribution < 1.29 is 18.7 Å². The van der Waals surface area contributed by atoms with Crippen LogP contribution in [0.15, 0.2) is 53.2 Å².